The Morgan fingerprint density at radius 2 is 2.00 bits per heavy atom. The summed E-state index contributed by atoms with van der Waals surface area (Å²) in [7, 11) is 0. The Balaban J connectivity index is 2.29. The molecule has 1 aromatic carbocycles. The van der Waals surface area contributed by atoms with Gasteiger partial charge >= 0.3 is 0 Å². The van der Waals surface area contributed by atoms with Gasteiger partial charge in [0.15, 0.2) is 0 Å². The van der Waals surface area contributed by atoms with E-state index in [1.54, 1.807) is 0 Å². The Morgan fingerprint density at radius 3 is 2.64 bits per heavy atom. The highest BCUT2D eigenvalue weighted by atomic mass is 16.5. The third-order valence-electron chi connectivity index (χ3n) is 2.83. The molecule has 2 rings (SSSR count). The Labute approximate surface area is 85.4 Å². The smallest absolute Gasteiger partial charge is 0.131 e. The third kappa shape index (κ3) is 1.67. The third-order valence-corrected chi connectivity index (χ3v) is 2.83. The Morgan fingerprint density at radius 1 is 1.29 bits per heavy atom. The molecule has 1 aliphatic rings. The van der Waals surface area contributed by atoms with Crippen LogP contribution in [0, 0.1) is 5.92 Å². The molecule has 0 bridgehead atoms. The molecule has 0 N–H and O–H groups in total. The van der Waals surface area contributed by atoms with Gasteiger partial charge in [0.2, 0.25) is 0 Å². The number of benzene rings is 1. The lowest BCUT2D eigenvalue weighted by Gasteiger charge is -2.34. The van der Waals surface area contributed by atoms with Crippen molar-refractivity contribution >= 4 is 0 Å². The molecule has 2 atom stereocenters. The van der Waals surface area contributed by atoms with Gasteiger partial charge in [-0.15, -0.1) is 0 Å². The minimum Gasteiger partial charge on any atom is -0.491 e. The standard InChI is InChI=1S/C13H16O/c1-11-8-9-14-13(2,10-11)12-6-4-3-5-7-12/h3-9,11H,10H2,1-2H3. The van der Waals surface area contributed by atoms with E-state index < -0.39 is 0 Å². The first-order valence-electron chi connectivity index (χ1n) is 5.11. The fourth-order valence-electron chi connectivity index (χ4n) is 2.03. The van der Waals surface area contributed by atoms with Gasteiger partial charge in [-0.05, 0) is 30.9 Å². The maximum Gasteiger partial charge on any atom is 0.131 e. The molecule has 0 saturated carbocycles. The number of hydrogen-bond donors (Lipinski definition) is 0. The summed E-state index contributed by atoms with van der Waals surface area (Å²) in [5.74, 6) is 0.592. The van der Waals surface area contributed by atoms with Crippen molar-refractivity contribution in [1.29, 1.82) is 0 Å². The van der Waals surface area contributed by atoms with Crippen LogP contribution in [0.1, 0.15) is 25.8 Å². The molecule has 1 aromatic rings. The topological polar surface area (TPSA) is 9.23 Å². The molecule has 0 aliphatic carbocycles. The van der Waals surface area contributed by atoms with Crippen LogP contribution in [0.3, 0.4) is 0 Å². The summed E-state index contributed by atoms with van der Waals surface area (Å²) in [6.45, 7) is 4.38. The van der Waals surface area contributed by atoms with Crippen LogP contribution in [-0.2, 0) is 10.3 Å². The highest BCUT2D eigenvalue weighted by molar-refractivity contribution is 5.23. The zero-order valence-corrected chi connectivity index (χ0v) is 8.73. The maximum atomic E-state index is 5.74. The Kier molecular flexibility index (Phi) is 2.32. The predicted molar refractivity (Wildman–Crippen MR) is 57.8 cm³/mol. The molecular formula is C13H16O. The first-order chi connectivity index (χ1) is 6.71. The fraction of sp³-hybridized carbons (Fsp3) is 0.385. The monoisotopic (exact) mass is 188 g/mol. The SMILES string of the molecule is CC1C=COC(C)(c2ccccc2)C1. The van der Waals surface area contributed by atoms with Crippen molar-refractivity contribution in [2.45, 2.75) is 25.9 Å². The van der Waals surface area contributed by atoms with Crippen molar-refractivity contribution in [2.75, 3.05) is 0 Å². The van der Waals surface area contributed by atoms with Gasteiger partial charge in [-0.2, -0.15) is 0 Å². The van der Waals surface area contributed by atoms with Crippen LogP contribution in [-0.4, -0.2) is 0 Å². The first-order valence-corrected chi connectivity index (χ1v) is 5.11. The molecule has 0 saturated heterocycles. The van der Waals surface area contributed by atoms with Crippen LogP contribution >= 0.6 is 0 Å². The molecule has 1 heteroatoms. The Hall–Kier alpha value is -1.24. The zero-order chi connectivity index (χ0) is 10.0. The molecule has 1 aliphatic heterocycles. The van der Waals surface area contributed by atoms with Gasteiger partial charge in [-0.1, -0.05) is 37.3 Å². The molecular weight excluding hydrogens is 172 g/mol. The van der Waals surface area contributed by atoms with E-state index in [2.05, 4.69) is 44.2 Å². The van der Waals surface area contributed by atoms with Crippen molar-refractivity contribution in [3.8, 4) is 0 Å². The molecule has 2 unspecified atom stereocenters. The van der Waals surface area contributed by atoms with Gasteiger partial charge in [0.05, 0.1) is 6.26 Å². The average Bonchev–Trinajstić information content (AvgIpc) is 2.19. The van der Waals surface area contributed by atoms with E-state index in [0.29, 0.717) is 5.92 Å². The van der Waals surface area contributed by atoms with E-state index in [4.69, 9.17) is 4.74 Å². The number of allylic oxidation sites excluding steroid dienone is 1. The molecule has 0 fully saturated rings. The lowest BCUT2D eigenvalue weighted by atomic mass is 9.85. The van der Waals surface area contributed by atoms with Crippen LogP contribution in [0.15, 0.2) is 42.7 Å². The summed E-state index contributed by atoms with van der Waals surface area (Å²) >= 11 is 0. The van der Waals surface area contributed by atoms with Crippen molar-refractivity contribution < 1.29 is 4.74 Å². The quantitative estimate of drug-likeness (QED) is 0.655. The van der Waals surface area contributed by atoms with Crippen molar-refractivity contribution in [1.82, 2.24) is 0 Å². The second-order valence-corrected chi connectivity index (χ2v) is 4.22. The van der Waals surface area contributed by atoms with Gasteiger partial charge in [-0.3, -0.25) is 0 Å². The van der Waals surface area contributed by atoms with Crippen molar-refractivity contribution in [2.24, 2.45) is 5.92 Å². The van der Waals surface area contributed by atoms with E-state index in [9.17, 15) is 0 Å². The predicted octanol–water partition coefficient (Wildman–Crippen LogP) is 3.47. The molecule has 1 nitrogen and oxygen atoms in total. The number of rotatable bonds is 1. The highest BCUT2D eigenvalue weighted by Crippen LogP contribution is 2.35. The average molecular weight is 188 g/mol. The summed E-state index contributed by atoms with van der Waals surface area (Å²) < 4.78 is 5.74. The van der Waals surface area contributed by atoms with Crippen molar-refractivity contribution in [3.05, 3.63) is 48.2 Å². The van der Waals surface area contributed by atoms with E-state index in [1.165, 1.54) is 5.56 Å². The first kappa shape index (κ1) is 9.32. The summed E-state index contributed by atoms with van der Waals surface area (Å²) in [6, 6.07) is 10.4. The van der Waals surface area contributed by atoms with Gasteiger partial charge in [-0.25, -0.2) is 0 Å². The van der Waals surface area contributed by atoms with Crippen LogP contribution in [0.5, 0.6) is 0 Å². The molecule has 0 aromatic heterocycles. The molecule has 1 heterocycles. The lowest BCUT2D eigenvalue weighted by molar-refractivity contribution is 0.00525. The van der Waals surface area contributed by atoms with E-state index in [0.717, 1.165) is 6.42 Å². The minimum atomic E-state index is -0.143. The normalized spacial score (nSPS) is 31.1. The second kappa shape index (κ2) is 3.49. The summed E-state index contributed by atoms with van der Waals surface area (Å²) in [6.07, 6.45) is 5.00. The Bertz CT molecular complexity index is 328. The van der Waals surface area contributed by atoms with Crippen LogP contribution in [0.25, 0.3) is 0 Å². The second-order valence-electron chi connectivity index (χ2n) is 4.22. The lowest BCUT2D eigenvalue weighted by Crippen LogP contribution is -2.28. The summed E-state index contributed by atoms with van der Waals surface area (Å²) in [5.41, 5.74) is 1.12. The largest absolute Gasteiger partial charge is 0.491 e. The highest BCUT2D eigenvalue weighted by Gasteiger charge is 2.31. The van der Waals surface area contributed by atoms with Crippen LogP contribution < -0.4 is 0 Å². The van der Waals surface area contributed by atoms with Crippen LogP contribution in [0.4, 0.5) is 0 Å². The maximum absolute atomic E-state index is 5.74. The molecule has 0 amide bonds. The molecule has 74 valence electrons. The fourth-order valence-corrected chi connectivity index (χ4v) is 2.03. The summed E-state index contributed by atoms with van der Waals surface area (Å²) in [4.78, 5) is 0. The van der Waals surface area contributed by atoms with E-state index >= 15 is 0 Å². The van der Waals surface area contributed by atoms with Crippen molar-refractivity contribution in [3.63, 3.8) is 0 Å². The van der Waals surface area contributed by atoms with Gasteiger partial charge in [0.1, 0.15) is 5.60 Å². The molecule has 14 heavy (non-hydrogen) atoms. The van der Waals surface area contributed by atoms with E-state index in [-0.39, 0.29) is 5.60 Å². The molecule has 0 radical (unpaired) electrons. The molecule has 0 spiro atoms. The number of hydrogen-bond acceptors (Lipinski definition) is 1. The zero-order valence-electron chi connectivity index (χ0n) is 8.73. The van der Waals surface area contributed by atoms with Gasteiger partial charge in [0, 0.05) is 0 Å². The van der Waals surface area contributed by atoms with E-state index in [1.807, 2.05) is 12.3 Å². The van der Waals surface area contributed by atoms with Gasteiger partial charge < -0.3 is 4.74 Å². The minimum absolute atomic E-state index is 0.143. The number of ether oxygens (including phenoxy) is 1. The summed E-state index contributed by atoms with van der Waals surface area (Å²) in [5, 5.41) is 0. The van der Waals surface area contributed by atoms with Gasteiger partial charge in [0.25, 0.3) is 0 Å². The van der Waals surface area contributed by atoms with Crippen LogP contribution in [0.2, 0.25) is 0 Å².